The smallest absolute Gasteiger partial charge is 0.339 e. The normalized spacial score (nSPS) is 10.5. The highest BCUT2D eigenvalue weighted by Gasteiger charge is 2.14. The van der Waals surface area contributed by atoms with Crippen LogP contribution in [0.25, 0.3) is 10.6 Å². The number of carbonyl (C=O) groups excluding carboxylic acids is 1. The minimum absolute atomic E-state index is 0.302. The van der Waals surface area contributed by atoms with Crippen LogP contribution in [0, 0.1) is 0 Å². The minimum Gasteiger partial charge on any atom is -0.462 e. The van der Waals surface area contributed by atoms with Crippen LogP contribution in [0.5, 0.6) is 0 Å². The first-order chi connectivity index (χ1) is 11.8. The molecule has 0 aliphatic heterocycles. The molecule has 0 N–H and O–H groups in total. The molecule has 0 aliphatic rings. The van der Waals surface area contributed by atoms with E-state index in [-0.39, 0.29) is 5.97 Å². The van der Waals surface area contributed by atoms with Crippen molar-refractivity contribution in [3.63, 3.8) is 0 Å². The molecule has 0 atom stereocenters. The van der Waals surface area contributed by atoms with Crippen molar-refractivity contribution in [1.82, 2.24) is 10.2 Å². The molecule has 0 unspecified atom stereocenters. The van der Waals surface area contributed by atoms with Crippen LogP contribution in [0.2, 0.25) is 0 Å². The first-order valence-electron chi connectivity index (χ1n) is 7.27. The molecule has 0 spiro atoms. The van der Waals surface area contributed by atoms with Crippen LogP contribution < -0.4 is 0 Å². The van der Waals surface area contributed by atoms with Gasteiger partial charge in [0.1, 0.15) is 5.01 Å². The quantitative estimate of drug-likeness (QED) is 0.438. The number of hydrogen-bond donors (Lipinski definition) is 0. The van der Waals surface area contributed by atoms with Gasteiger partial charge in [0.2, 0.25) is 0 Å². The number of aromatic nitrogens is 2. The number of rotatable bonds is 6. The summed E-state index contributed by atoms with van der Waals surface area (Å²) in [5.41, 5.74) is 1.63. The zero-order valence-corrected chi connectivity index (χ0v) is 15.3. The van der Waals surface area contributed by atoms with Crippen molar-refractivity contribution in [2.24, 2.45) is 0 Å². The van der Waals surface area contributed by atoms with E-state index in [4.69, 9.17) is 4.74 Å². The van der Waals surface area contributed by atoms with E-state index < -0.39 is 0 Å². The number of benzene rings is 2. The maximum atomic E-state index is 12.0. The van der Waals surface area contributed by atoms with Crippen LogP contribution in [0.15, 0.2) is 63.8 Å². The van der Waals surface area contributed by atoms with E-state index in [1.165, 1.54) is 32.9 Å². The Labute approximate surface area is 152 Å². The molecule has 24 heavy (non-hydrogen) atoms. The second-order valence-corrected chi connectivity index (χ2v) is 8.02. The lowest BCUT2D eigenvalue weighted by molar-refractivity contribution is 0.0522. The van der Waals surface area contributed by atoms with Gasteiger partial charge in [0, 0.05) is 10.5 Å². The van der Waals surface area contributed by atoms with Gasteiger partial charge in [0.05, 0.1) is 12.2 Å². The molecule has 0 radical (unpaired) electrons. The molecule has 122 valence electrons. The fraction of sp³-hybridized carbons (Fsp3) is 0.118. The van der Waals surface area contributed by atoms with Gasteiger partial charge in [-0.3, -0.25) is 0 Å². The number of ether oxygens (including phenoxy) is 1. The summed E-state index contributed by atoms with van der Waals surface area (Å²) in [6.45, 7) is 2.16. The lowest BCUT2D eigenvalue weighted by atomic mass is 10.2. The Balaban J connectivity index is 1.71. The van der Waals surface area contributed by atoms with Gasteiger partial charge < -0.3 is 4.74 Å². The second-order valence-electron chi connectivity index (χ2n) is 4.62. The number of nitrogens with zero attached hydrogens (tertiary/aromatic N) is 2. The first kappa shape index (κ1) is 17.0. The molecule has 3 aromatic rings. The van der Waals surface area contributed by atoms with Crippen LogP contribution >= 0.6 is 32.9 Å². The Bertz CT molecular complexity index is 821. The van der Waals surface area contributed by atoms with Crippen molar-refractivity contribution in [3.05, 3.63) is 60.2 Å². The third-order valence-corrected chi connectivity index (χ3v) is 6.70. The Hall–Kier alpha value is -1.83. The van der Waals surface area contributed by atoms with Crippen molar-refractivity contribution < 1.29 is 9.53 Å². The van der Waals surface area contributed by atoms with Gasteiger partial charge in [-0.05, 0) is 40.6 Å². The molecule has 0 amide bonds. The third kappa shape index (κ3) is 4.17. The summed E-state index contributed by atoms with van der Waals surface area (Å²) in [7, 11) is 2.98. The van der Waals surface area contributed by atoms with Crippen LogP contribution in [-0.2, 0) is 4.74 Å². The summed E-state index contributed by atoms with van der Waals surface area (Å²) in [6.07, 6.45) is 0. The Morgan fingerprint density at radius 1 is 1.04 bits per heavy atom. The summed E-state index contributed by atoms with van der Waals surface area (Å²) in [4.78, 5) is 12.9. The molecule has 0 saturated heterocycles. The van der Waals surface area contributed by atoms with Crippen molar-refractivity contribution >= 4 is 38.9 Å². The van der Waals surface area contributed by atoms with Crippen molar-refractivity contribution in [2.75, 3.05) is 6.61 Å². The molecule has 0 bridgehead atoms. The van der Waals surface area contributed by atoms with E-state index in [1.54, 1.807) is 13.0 Å². The monoisotopic (exact) mass is 374 g/mol. The van der Waals surface area contributed by atoms with E-state index in [1.807, 2.05) is 48.5 Å². The predicted molar refractivity (Wildman–Crippen MR) is 99.5 cm³/mol. The van der Waals surface area contributed by atoms with Gasteiger partial charge in [-0.25, -0.2) is 4.79 Å². The molecule has 4 nitrogen and oxygen atoms in total. The number of esters is 1. The number of hydrogen-bond acceptors (Lipinski definition) is 7. The molecule has 1 heterocycles. The lowest BCUT2D eigenvalue weighted by Crippen LogP contribution is -2.05. The molecular formula is C17H14N2O2S3. The standard InChI is InChI=1S/C17H14N2O2S3/c1-2-21-16(20)13-10-6-7-11-14(13)23-24-17-19-18-15(22-17)12-8-4-3-5-9-12/h3-11H,2H2,1H3. The summed E-state index contributed by atoms with van der Waals surface area (Å²) in [6, 6.07) is 17.4. The summed E-state index contributed by atoms with van der Waals surface area (Å²) in [5.74, 6) is -0.302. The van der Waals surface area contributed by atoms with Gasteiger partial charge in [0.25, 0.3) is 0 Å². The van der Waals surface area contributed by atoms with Crippen LogP contribution in [0.4, 0.5) is 0 Å². The van der Waals surface area contributed by atoms with Crippen LogP contribution in [0.3, 0.4) is 0 Å². The highest BCUT2D eigenvalue weighted by atomic mass is 33.1. The van der Waals surface area contributed by atoms with Crippen molar-refractivity contribution in [2.45, 2.75) is 16.2 Å². The topological polar surface area (TPSA) is 52.1 Å². The van der Waals surface area contributed by atoms with Gasteiger partial charge in [-0.2, -0.15) is 0 Å². The van der Waals surface area contributed by atoms with Gasteiger partial charge in [-0.1, -0.05) is 53.8 Å². The zero-order valence-electron chi connectivity index (χ0n) is 12.8. The van der Waals surface area contributed by atoms with Crippen LogP contribution in [0.1, 0.15) is 17.3 Å². The Morgan fingerprint density at radius 2 is 1.79 bits per heavy atom. The largest absolute Gasteiger partial charge is 0.462 e. The average molecular weight is 375 g/mol. The zero-order chi connectivity index (χ0) is 16.8. The summed E-state index contributed by atoms with van der Waals surface area (Å²) < 4.78 is 5.94. The lowest BCUT2D eigenvalue weighted by Gasteiger charge is -2.06. The maximum Gasteiger partial charge on any atom is 0.339 e. The highest BCUT2D eigenvalue weighted by molar-refractivity contribution is 8.77. The van der Waals surface area contributed by atoms with Crippen molar-refractivity contribution in [3.8, 4) is 10.6 Å². The summed E-state index contributed by atoms with van der Waals surface area (Å²) in [5, 5.41) is 9.33. The highest BCUT2D eigenvalue weighted by Crippen LogP contribution is 2.41. The predicted octanol–water partition coefficient (Wildman–Crippen LogP) is 5.18. The van der Waals surface area contributed by atoms with Gasteiger partial charge in [0.15, 0.2) is 4.34 Å². The van der Waals surface area contributed by atoms with E-state index in [2.05, 4.69) is 10.2 Å². The van der Waals surface area contributed by atoms with E-state index in [0.717, 1.165) is 19.8 Å². The van der Waals surface area contributed by atoms with Gasteiger partial charge in [-0.15, -0.1) is 10.2 Å². The van der Waals surface area contributed by atoms with Gasteiger partial charge >= 0.3 is 5.97 Å². The SMILES string of the molecule is CCOC(=O)c1ccccc1SSc1nnc(-c2ccccc2)s1. The molecule has 3 rings (SSSR count). The molecule has 0 saturated carbocycles. The van der Waals surface area contributed by atoms with E-state index in [9.17, 15) is 4.79 Å². The third-order valence-electron chi connectivity index (χ3n) is 3.01. The van der Waals surface area contributed by atoms with Crippen molar-refractivity contribution in [1.29, 1.82) is 0 Å². The molecule has 0 aliphatic carbocycles. The fourth-order valence-corrected chi connectivity index (χ4v) is 5.14. The van der Waals surface area contributed by atoms with Crippen LogP contribution in [-0.4, -0.2) is 22.8 Å². The first-order valence-corrected chi connectivity index (χ1v) is 10.2. The fourth-order valence-electron chi connectivity index (χ4n) is 1.94. The second kappa shape index (κ2) is 8.32. The molecule has 2 aromatic carbocycles. The Kier molecular flexibility index (Phi) is 5.90. The molecule has 7 heteroatoms. The number of carbonyl (C=O) groups is 1. The minimum atomic E-state index is -0.302. The molecule has 1 aromatic heterocycles. The molecule has 0 fully saturated rings. The Morgan fingerprint density at radius 3 is 2.58 bits per heavy atom. The van der Waals surface area contributed by atoms with E-state index in [0.29, 0.717) is 12.2 Å². The van der Waals surface area contributed by atoms with E-state index >= 15 is 0 Å². The average Bonchev–Trinajstić information content (AvgIpc) is 3.10. The summed E-state index contributed by atoms with van der Waals surface area (Å²) >= 11 is 1.53. The molecular weight excluding hydrogens is 360 g/mol. The maximum absolute atomic E-state index is 12.0.